The first-order chi connectivity index (χ1) is 11.9. The number of hydrogen-bond donors (Lipinski definition) is 2. The van der Waals surface area contributed by atoms with Gasteiger partial charge in [-0.3, -0.25) is 25.0 Å². The Hall–Kier alpha value is -3.82. The molecule has 10 nitrogen and oxygen atoms in total. The molecule has 0 aliphatic rings. The highest BCUT2D eigenvalue weighted by Gasteiger charge is 2.12. The lowest BCUT2D eigenvalue weighted by atomic mass is 10.1. The van der Waals surface area contributed by atoms with Gasteiger partial charge in [-0.2, -0.15) is 5.10 Å². The lowest BCUT2D eigenvalue weighted by Gasteiger charge is -2.01. The van der Waals surface area contributed by atoms with Crippen molar-refractivity contribution in [1.82, 2.24) is 5.43 Å². The third-order valence-electron chi connectivity index (χ3n) is 3.11. The van der Waals surface area contributed by atoms with Crippen LogP contribution in [0.5, 0.6) is 5.75 Å². The predicted octanol–water partition coefficient (Wildman–Crippen LogP) is 1.90. The molecule has 0 unspecified atom stereocenters. The highest BCUT2D eigenvalue weighted by atomic mass is 16.6. The quantitative estimate of drug-likeness (QED) is 0.464. The van der Waals surface area contributed by atoms with Crippen molar-refractivity contribution in [3.63, 3.8) is 0 Å². The Bertz CT molecular complexity index is 848. The van der Waals surface area contributed by atoms with E-state index in [4.69, 9.17) is 0 Å². The maximum absolute atomic E-state index is 11.7. The number of aromatic hydroxyl groups is 1. The Kier molecular flexibility index (Phi) is 5.36. The molecule has 2 aromatic rings. The van der Waals surface area contributed by atoms with Gasteiger partial charge in [-0.25, -0.2) is 5.43 Å². The number of amides is 1. The van der Waals surface area contributed by atoms with E-state index >= 15 is 0 Å². The van der Waals surface area contributed by atoms with Gasteiger partial charge in [0.05, 0.1) is 22.5 Å². The molecule has 0 saturated heterocycles. The van der Waals surface area contributed by atoms with Crippen molar-refractivity contribution in [1.29, 1.82) is 0 Å². The molecule has 0 atom stereocenters. The van der Waals surface area contributed by atoms with Gasteiger partial charge in [-0.15, -0.1) is 0 Å². The van der Waals surface area contributed by atoms with Gasteiger partial charge in [0.2, 0.25) is 5.91 Å². The highest BCUT2D eigenvalue weighted by Crippen LogP contribution is 2.25. The molecule has 0 aromatic heterocycles. The Morgan fingerprint density at radius 1 is 1.12 bits per heavy atom. The number of nitrogens with one attached hydrogen (secondary N) is 1. The summed E-state index contributed by atoms with van der Waals surface area (Å²) >= 11 is 0. The Labute approximate surface area is 140 Å². The number of carbonyl (C=O) groups excluding carboxylic acids is 1. The molecule has 0 aliphatic heterocycles. The van der Waals surface area contributed by atoms with Crippen LogP contribution in [0.1, 0.15) is 11.1 Å². The largest absolute Gasteiger partial charge is 0.502 e. The number of phenolic OH excluding ortho intramolecular Hbond substituents is 1. The molecule has 128 valence electrons. The first-order valence-electron chi connectivity index (χ1n) is 6.89. The average molecular weight is 344 g/mol. The van der Waals surface area contributed by atoms with E-state index in [1.807, 2.05) is 0 Å². The average Bonchev–Trinajstić information content (AvgIpc) is 2.56. The van der Waals surface area contributed by atoms with Crippen LogP contribution in [0.3, 0.4) is 0 Å². The number of phenols is 1. The number of rotatable bonds is 6. The van der Waals surface area contributed by atoms with Crippen LogP contribution in [0.25, 0.3) is 0 Å². The van der Waals surface area contributed by atoms with Gasteiger partial charge in [0, 0.05) is 23.8 Å². The zero-order valence-electron chi connectivity index (χ0n) is 12.7. The Balaban J connectivity index is 1.95. The molecular weight excluding hydrogens is 332 g/mol. The van der Waals surface area contributed by atoms with Gasteiger partial charge in [-0.1, -0.05) is 12.1 Å². The number of nitro benzene ring substituents is 2. The fourth-order valence-electron chi connectivity index (χ4n) is 1.91. The van der Waals surface area contributed by atoms with Crippen molar-refractivity contribution in [2.75, 3.05) is 0 Å². The zero-order valence-corrected chi connectivity index (χ0v) is 12.7. The molecule has 1 amide bonds. The fourth-order valence-corrected chi connectivity index (χ4v) is 1.91. The minimum Gasteiger partial charge on any atom is -0.502 e. The smallest absolute Gasteiger partial charge is 0.311 e. The number of nitro groups is 2. The van der Waals surface area contributed by atoms with Crippen molar-refractivity contribution in [2.45, 2.75) is 6.42 Å². The van der Waals surface area contributed by atoms with Gasteiger partial charge < -0.3 is 5.11 Å². The summed E-state index contributed by atoms with van der Waals surface area (Å²) in [7, 11) is 0. The summed E-state index contributed by atoms with van der Waals surface area (Å²) in [4.78, 5) is 31.7. The molecule has 0 fully saturated rings. The number of non-ortho nitro benzene ring substituents is 1. The topological polar surface area (TPSA) is 148 Å². The molecule has 2 aromatic carbocycles. The van der Waals surface area contributed by atoms with Crippen molar-refractivity contribution in [3.05, 3.63) is 73.8 Å². The van der Waals surface area contributed by atoms with Crippen molar-refractivity contribution >= 4 is 23.5 Å². The number of hydrogen-bond acceptors (Lipinski definition) is 7. The predicted molar refractivity (Wildman–Crippen MR) is 87.3 cm³/mol. The van der Waals surface area contributed by atoms with Crippen LogP contribution < -0.4 is 5.43 Å². The van der Waals surface area contributed by atoms with E-state index in [0.29, 0.717) is 11.1 Å². The van der Waals surface area contributed by atoms with Crippen molar-refractivity contribution in [3.8, 4) is 5.75 Å². The summed E-state index contributed by atoms with van der Waals surface area (Å²) in [5.74, 6) is -0.928. The van der Waals surface area contributed by atoms with Gasteiger partial charge in [0.25, 0.3) is 5.69 Å². The lowest BCUT2D eigenvalue weighted by molar-refractivity contribution is -0.385. The molecule has 0 aliphatic carbocycles. The molecule has 0 heterocycles. The summed E-state index contributed by atoms with van der Waals surface area (Å²) in [5, 5.41) is 34.3. The molecular formula is C15H12N4O6. The second-order valence-corrected chi connectivity index (χ2v) is 4.90. The molecule has 25 heavy (non-hydrogen) atoms. The number of benzene rings is 2. The van der Waals surface area contributed by atoms with Crippen LogP contribution in [-0.2, 0) is 11.2 Å². The summed E-state index contributed by atoms with van der Waals surface area (Å²) in [6.45, 7) is 0. The fraction of sp³-hybridized carbons (Fsp3) is 0.0667. The molecule has 0 spiro atoms. The van der Waals surface area contributed by atoms with E-state index in [1.165, 1.54) is 36.5 Å². The lowest BCUT2D eigenvalue weighted by Crippen LogP contribution is -2.19. The Morgan fingerprint density at radius 3 is 2.40 bits per heavy atom. The zero-order chi connectivity index (χ0) is 18.4. The summed E-state index contributed by atoms with van der Waals surface area (Å²) in [6.07, 6.45) is 1.16. The second kappa shape index (κ2) is 7.64. The first kappa shape index (κ1) is 17.5. The van der Waals surface area contributed by atoms with Gasteiger partial charge in [0.15, 0.2) is 5.75 Å². The number of nitrogens with zero attached hydrogens (tertiary/aromatic N) is 3. The van der Waals surface area contributed by atoms with Crippen LogP contribution in [0, 0.1) is 20.2 Å². The second-order valence-electron chi connectivity index (χ2n) is 4.90. The van der Waals surface area contributed by atoms with E-state index in [9.17, 15) is 30.1 Å². The van der Waals surface area contributed by atoms with Crippen LogP contribution in [0.2, 0.25) is 0 Å². The van der Waals surface area contributed by atoms with Crippen LogP contribution >= 0.6 is 0 Å². The summed E-state index contributed by atoms with van der Waals surface area (Å²) in [5.41, 5.74) is 2.59. The molecule has 0 radical (unpaired) electrons. The number of carbonyl (C=O) groups is 1. The minimum atomic E-state index is -0.736. The van der Waals surface area contributed by atoms with Crippen molar-refractivity contribution < 1.29 is 19.7 Å². The van der Waals surface area contributed by atoms with E-state index in [2.05, 4.69) is 10.5 Å². The molecule has 0 bridgehead atoms. The van der Waals surface area contributed by atoms with Gasteiger partial charge >= 0.3 is 5.69 Å². The monoisotopic (exact) mass is 344 g/mol. The van der Waals surface area contributed by atoms with Gasteiger partial charge in [-0.05, 0) is 17.7 Å². The first-order valence-corrected chi connectivity index (χ1v) is 6.89. The third-order valence-corrected chi connectivity index (χ3v) is 3.11. The van der Waals surface area contributed by atoms with Crippen LogP contribution in [-0.4, -0.2) is 27.1 Å². The maximum atomic E-state index is 11.7. The van der Waals surface area contributed by atoms with E-state index in [0.717, 1.165) is 12.1 Å². The molecule has 2 N–H and O–H groups in total. The minimum absolute atomic E-state index is 0.0366. The van der Waals surface area contributed by atoms with Gasteiger partial charge in [0.1, 0.15) is 0 Å². The van der Waals surface area contributed by atoms with E-state index < -0.39 is 27.2 Å². The third kappa shape index (κ3) is 4.82. The summed E-state index contributed by atoms with van der Waals surface area (Å²) in [6, 6.07) is 9.17. The number of hydrazone groups is 1. The Morgan fingerprint density at radius 2 is 1.80 bits per heavy atom. The van der Waals surface area contributed by atoms with E-state index in [-0.39, 0.29) is 12.1 Å². The van der Waals surface area contributed by atoms with Crippen LogP contribution in [0.4, 0.5) is 11.4 Å². The maximum Gasteiger partial charge on any atom is 0.311 e. The highest BCUT2D eigenvalue weighted by molar-refractivity contribution is 5.84. The van der Waals surface area contributed by atoms with Crippen LogP contribution in [0.15, 0.2) is 47.6 Å². The normalized spacial score (nSPS) is 10.6. The van der Waals surface area contributed by atoms with E-state index in [1.54, 1.807) is 0 Å². The molecule has 0 saturated carbocycles. The molecule has 2 rings (SSSR count). The summed E-state index contributed by atoms with van der Waals surface area (Å²) < 4.78 is 0. The standard InChI is InChI=1S/C15H12N4O6/c20-14-6-3-11(7-13(14)19(24)25)9-16-17-15(21)8-10-1-4-12(5-2-10)18(22)23/h1-7,9,20H,8H2,(H,17,21)/b16-9-. The van der Waals surface area contributed by atoms with Crippen molar-refractivity contribution in [2.24, 2.45) is 5.10 Å². The molecule has 10 heteroatoms. The SMILES string of the molecule is O=C(Cc1ccc([N+](=O)[O-])cc1)N/N=C\c1ccc(O)c([N+](=O)[O-])c1.